The van der Waals surface area contributed by atoms with Crippen molar-refractivity contribution in [3.05, 3.63) is 35.7 Å². The summed E-state index contributed by atoms with van der Waals surface area (Å²) in [5.41, 5.74) is 4.11. The number of rotatable bonds is 6. The average Bonchev–Trinajstić information content (AvgIpc) is 3.41. The van der Waals surface area contributed by atoms with Crippen molar-refractivity contribution in [2.45, 2.75) is 38.8 Å². The molecule has 0 amide bonds. The molecule has 2 aromatic heterocycles. The number of fused-ring (bicyclic) bond motifs is 2. The van der Waals surface area contributed by atoms with Crippen LogP contribution in [-0.4, -0.2) is 56.4 Å². The molecule has 2 N–H and O–H groups in total. The topological polar surface area (TPSA) is 105 Å². The Hall–Kier alpha value is -3.20. The Kier molecular flexibility index (Phi) is 5.42. The molecule has 32 heavy (non-hydrogen) atoms. The van der Waals surface area contributed by atoms with Crippen LogP contribution in [0, 0.1) is 11.8 Å². The lowest BCUT2D eigenvalue weighted by Crippen LogP contribution is -2.26. The van der Waals surface area contributed by atoms with Gasteiger partial charge < -0.3 is 20.1 Å². The van der Waals surface area contributed by atoms with E-state index < -0.39 is 5.97 Å². The van der Waals surface area contributed by atoms with Gasteiger partial charge in [-0.1, -0.05) is 6.42 Å². The van der Waals surface area contributed by atoms with E-state index in [1.165, 1.54) is 11.1 Å². The predicted octanol–water partition coefficient (Wildman–Crippen LogP) is 3.07. The van der Waals surface area contributed by atoms with Crippen LogP contribution in [0.2, 0.25) is 0 Å². The summed E-state index contributed by atoms with van der Waals surface area (Å²) in [6, 6.07) is 4.21. The summed E-state index contributed by atoms with van der Waals surface area (Å²) >= 11 is 0. The SMILES string of the molecule is COc1cc2c(cc1Nc1ncc3cnn(CC4CCCC4C(=O)O)c3n1)CN(C)CC2. The van der Waals surface area contributed by atoms with Crippen molar-refractivity contribution in [2.75, 3.05) is 26.0 Å². The zero-order chi connectivity index (χ0) is 22.2. The highest BCUT2D eigenvalue weighted by molar-refractivity contribution is 5.76. The first-order valence-corrected chi connectivity index (χ1v) is 11.1. The highest BCUT2D eigenvalue weighted by Crippen LogP contribution is 2.35. The lowest BCUT2D eigenvalue weighted by molar-refractivity contribution is -0.143. The molecule has 0 bridgehead atoms. The summed E-state index contributed by atoms with van der Waals surface area (Å²) in [6.07, 6.45) is 7.05. The van der Waals surface area contributed by atoms with E-state index >= 15 is 0 Å². The second-order valence-corrected chi connectivity index (χ2v) is 8.87. The van der Waals surface area contributed by atoms with Crippen LogP contribution < -0.4 is 10.1 Å². The number of carboxylic acid groups (broad SMARTS) is 1. The third kappa shape index (κ3) is 3.88. The van der Waals surface area contributed by atoms with Gasteiger partial charge in [0.1, 0.15) is 5.75 Å². The molecule has 1 aliphatic carbocycles. The Morgan fingerprint density at radius 3 is 2.97 bits per heavy atom. The molecular weight excluding hydrogens is 408 g/mol. The van der Waals surface area contributed by atoms with Crippen LogP contribution in [0.3, 0.4) is 0 Å². The van der Waals surface area contributed by atoms with Crippen molar-refractivity contribution in [1.29, 1.82) is 0 Å². The molecule has 0 radical (unpaired) electrons. The standard InChI is InChI=1S/C23H28N6O3/c1-28-7-6-14-9-20(32-2)19(8-16(14)12-28)26-23-24-10-17-11-25-29(21(17)27-23)13-15-4-3-5-18(15)22(30)31/h8-11,15,18H,3-7,12-13H2,1-2H3,(H,30,31)(H,24,26,27). The summed E-state index contributed by atoms with van der Waals surface area (Å²) in [5.74, 6) is 0.265. The minimum atomic E-state index is -0.717. The summed E-state index contributed by atoms with van der Waals surface area (Å²) < 4.78 is 7.44. The fourth-order valence-electron chi connectivity index (χ4n) is 4.98. The van der Waals surface area contributed by atoms with E-state index in [9.17, 15) is 9.90 Å². The Balaban J connectivity index is 1.43. The second-order valence-electron chi connectivity index (χ2n) is 8.87. The van der Waals surface area contributed by atoms with Gasteiger partial charge in [-0.05, 0) is 55.5 Å². The molecule has 0 saturated heterocycles. The molecule has 2 unspecified atom stereocenters. The van der Waals surface area contributed by atoms with E-state index in [0.717, 1.165) is 55.6 Å². The van der Waals surface area contributed by atoms with Crippen molar-refractivity contribution < 1.29 is 14.6 Å². The van der Waals surface area contributed by atoms with Gasteiger partial charge in [0.05, 0.1) is 30.3 Å². The van der Waals surface area contributed by atoms with E-state index in [1.54, 1.807) is 19.5 Å². The van der Waals surface area contributed by atoms with Crippen LogP contribution in [0.15, 0.2) is 24.5 Å². The number of nitrogens with zero attached hydrogens (tertiary/aromatic N) is 5. The molecule has 9 nitrogen and oxygen atoms in total. The number of hydrogen-bond acceptors (Lipinski definition) is 7. The number of carbonyl (C=O) groups is 1. The molecule has 3 aromatic rings. The lowest BCUT2D eigenvalue weighted by atomic mass is 9.96. The smallest absolute Gasteiger partial charge is 0.306 e. The van der Waals surface area contributed by atoms with Crippen LogP contribution in [0.4, 0.5) is 11.6 Å². The molecule has 3 heterocycles. The first-order valence-electron chi connectivity index (χ1n) is 11.1. The van der Waals surface area contributed by atoms with Gasteiger partial charge in [0.15, 0.2) is 5.65 Å². The van der Waals surface area contributed by atoms with Crippen LogP contribution in [0.25, 0.3) is 11.0 Å². The minimum absolute atomic E-state index is 0.0692. The third-order valence-corrected chi connectivity index (χ3v) is 6.73. The normalized spacial score (nSPS) is 20.9. The molecule has 5 rings (SSSR count). The van der Waals surface area contributed by atoms with Gasteiger partial charge in [0.2, 0.25) is 5.95 Å². The minimum Gasteiger partial charge on any atom is -0.495 e. The molecule has 2 atom stereocenters. The van der Waals surface area contributed by atoms with Crippen molar-refractivity contribution in [2.24, 2.45) is 11.8 Å². The number of ether oxygens (including phenoxy) is 1. The monoisotopic (exact) mass is 436 g/mol. The number of likely N-dealkylation sites (N-methyl/N-ethyl adjacent to an activating group) is 1. The maximum Gasteiger partial charge on any atom is 0.306 e. The summed E-state index contributed by atoms with van der Waals surface area (Å²) in [7, 11) is 3.79. The van der Waals surface area contributed by atoms with Gasteiger partial charge in [-0.3, -0.25) is 4.79 Å². The third-order valence-electron chi connectivity index (χ3n) is 6.73. The number of anilines is 2. The number of nitrogens with one attached hydrogen (secondary N) is 1. The number of aliphatic carboxylic acids is 1. The van der Waals surface area contributed by atoms with E-state index in [0.29, 0.717) is 18.1 Å². The molecule has 1 fully saturated rings. The molecule has 168 valence electrons. The van der Waals surface area contributed by atoms with Crippen molar-refractivity contribution in [3.63, 3.8) is 0 Å². The van der Waals surface area contributed by atoms with Crippen molar-refractivity contribution in [3.8, 4) is 5.75 Å². The Bertz CT molecular complexity index is 1160. The van der Waals surface area contributed by atoms with Gasteiger partial charge in [0, 0.05) is 25.8 Å². The first-order chi connectivity index (χ1) is 15.5. The summed E-state index contributed by atoms with van der Waals surface area (Å²) in [4.78, 5) is 23.0. The average molecular weight is 437 g/mol. The number of methoxy groups -OCH3 is 1. The van der Waals surface area contributed by atoms with E-state index in [1.807, 2.05) is 4.68 Å². The Morgan fingerprint density at radius 1 is 1.28 bits per heavy atom. The zero-order valence-electron chi connectivity index (χ0n) is 18.4. The summed E-state index contributed by atoms with van der Waals surface area (Å²) in [6.45, 7) is 2.48. The molecular formula is C23H28N6O3. The van der Waals surface area contributed by atoms with Crippen LogP contribution in [-0.2, 0) is 24.3 Å². The van der Waals surface area contributed by atoms with Gasteiger partial charge in [0.25, 0.3) is 0 Å². The predicted molar refractivity (Wildman–Crippen MR) is 120 cm³/mol. The maximum atomic E-state index is 11.6. The molecule has 2 aliphatic rings. The number of hydrogen-bond donors (Lipinski definition) is 2. The van der Waals surface area contributed by atoms with E-state index in [2.05, 4.69) is 39.5 Å². The van der Waals surface area contributed by atoms with Crippen molar-refractivity contribution >= 4 is 28.6 Å². The largest absolute Gasteiger partial charge is 0.495 e. The molecule has 9 heteroatoms. The van der Waals surface area contributed by atoms with Gasteiger partial charge in [-0.2, -0.15) is 10.1 Å². The molecule has 1 aliphatic heterocycles. The molecule has 1 aromatic carbocycles. The Labute approximate surface area is 186 Å². The molecule has 0 spiro atoms. The fraction of sp³-hybridized carbons (Fsp3) is 0.478. The van der Waals surface area contributed by atoms with Crippen LogP contribution >= 0.6 is 0 Å². The van der Waals surface area contributed by atoms with E-state index in [-0.39, 0.29) is 11.8 Å². The first kappa shape index (κ1) is 20.7. The van der Waals surface area contributed by atoms with Crippen LogP contribution in [0.1, 0.15) is 30.4 Å². The van der Waals surface area contributed by atoms with Gasteiger partial charge >= 0.3 is 5.97 Å². The summed E-state index contributed by atoms with van der Waals surface area (Å²) in [5, 5.41) is 18.1. The van der Waals surface area contributed by atoms with Gasteiger partial charge in [-0.25, -0.2) is 9.67 Å². The zero-order valence-corrected chi connectivity index (χ0v) is 18.4. The van der Waals surface area contributed by atoms with Crippen molar-refractivity contribution in [1.82, 2.24) is 24.6 Å². The Morgan fingerprint density at radius 2 is 2.16 bits per heavy atom. The van der Waals surface area contributed by atoms with Gasteiger partial charge in [-0.15, -0.1) is 0 Å². The maximum absolute atomic E-state index is 11.6. The quantitative estimate of drug-likeness (QED) is 0.607. The lowest BCUT2D eigenvalue weighted by Gasteiger charge is -2.26. The van der Waals surface area contributed by atoms with E-state index in [4.69, 9.17) is 9.72 Å². The fourth-order valence-corrected chi connectivity index (χ4v) is 4.98. The number of carboxylic acids is 1. The second kappa shape index (κ2) is 8.38. The molecule has 1 saturated carbocycles. The highest BCUT2D eigenvalue weighted by atomic mass is 16.5. The highest BCUT2D eigenvalue weighted by Gasteiger charge is 2.33. The van der Waals surface area contributed by atoms with Crippen LogP contribution in [0.5, 0.6) is 5.75 Å². The number of benzene rings is 1. The number of aromatic nitrogens is 4.